The molecule has 1 unspecified atom stereocenters. The number of ether oxygens (including phenoxy) is 1. The summed E-state index contributed by atoms with van der Waals surface area (Å²) in [6.45, 7) is -0.211. The lowest BCUT2D eigenvalue weighted by Crippen LogP contribution is -2.35. The molecular weight excluding hydrogens is 330 g/mol. The molecule has 1 amide bonds. The molecule has 25 heavy (non-hydrogen) atoms. The van der Waals surface area contributed by atoms with Gasteiger partial charge in [-0.1, -0.05) is 12.1 Å². The van der Waals surface area contributed by atoms with Crippen molar-refractivity contribution < 1.29 is 23.4 Å². The second-order valence-corrected chi connectivity index (χ2v) is 5.50. The number of hydrogen-bond acceptors (Lipinski definition) is 3. The first-order valence-electron chi connectivity index (χ1n) is 7.65. The Kier molecular flexibility index (Phi) is 4.95. The van der Waals surface area contributed by atoms with E-state index >= 15 is 0 Å². The number of para-hydroxylation sites is 1. The van der Waals surface area contributed by atoms with Crippen molar-refractivity contribution in [2.75, 3.05) is 13.2 Å². The van der Waals surface area contributed by atoms with Crippen molar-refractivity contribution in [3.63, 3.8) is 0 Å². The van der Waals surface area contributed by atoms with Gasteiger partial charge in [-0.25, -0.2) is 8.78 Å². The summed E-state index contributed by atoms with van der Waals surface area (Å²) in [5.74, 6) is -2.24. The first-order chi connectivity index (χ1) is 12.0. The zero-order valence-electron chi connectivity index (χ0n) is 13.1. The maximum Gasteiger partial charge on any atom is 0.253 e. The third-order valence-electron chi connectivity index (χ3n) is 3.66. The van der Waals surface area contributed by atoms with Gasteiger partial charge in [0.1, 0.15) is 18.5 Å². The number of aliphatic hydroxyl groups excluding tert-OH is 1. The number of rotatable bonds is 6. The van der Waals surface area contributed by atoms with E-state index < -0.39 is 17.7 Å². The number of amides is 1. The molecule has 0 fully saturated rings. The van der Waals surface area contributed by atoms with Crippen molar-refractivity contribution in [2.24, 2.45) is 0 Å². The van der Waals surface area contributed by atoms with Gasteiger partial charge in [0.25, 0.3) is 5.91 Å². The first-order valence-corrected chi connectivity index (χ1v) is 7.65. The molecule has 1 aromatic heterocycles. The van der Waals surface area contributed by atoms with Gasteiger partial charge in [0.15, 0.2) is 11.6 Å². The van der Waals surface area contributed by atoms with Crippen molar-refractivity contribution in [3.05, 3.63) is 65.9 Å². The van der Waals surface area contributed by atoms with Gasteiger partial charge in [-0.15, -0.1) is 0 Å². The van der Waals surface area contributed by atoms with E-state index in [0.29, 0.717) is 11.1 Å². The Morgan fingerprint density at radius 1 is 1.20 bits per heavy atom. The van der Waals surface area contributed by atoms with E-state index in [-0.39, 0.29) is 24.8 Å². The largest absolute Gasteiger partial charge is 0.491 e. The van der Waals surface area contributed by atoms with Gasteiger partial charge in [0.2, 0.25) is 0 Å². The lowest BCUT2D eigenvalue weighted by molar-refractivity contribution is 0.0844. The molecule has 0 spiro atoms. The molecular formula is C18H16F2N2O3. The van der Waals surface area contributed by atoms with Crippen LogP contribution < -0.4 is 10.1 Å². The van der Waals surface area contributed by atoms with E-state index in [0.717, 1.165) is 17.5 Å². The maximum atomic E-state index is 13.1. The third kappa shape index (κ3) is 3.95. The van der Waals surface area contributed by atoms with E-state index in [1.165, 1.54) is 6.07 Å². The van der Waals surface area contributed by atoms with Crippen molar-refractivity contribution in [1.29, 1.82) is 0 Å². The summed E-state index contributed by atoms with van der Waals surface area (Å²) in [6.07, 6.45) is 0.742. The fraction of sp³-hybridized carbons (Fsp3) is 0.167. The van der Waals surface area contributed by atoms with Crippen molar-refractivity contribution in [2.45, 2.75) is 6.10 Å². The van der Waals surface area contributed by atoms with Crippen LogP contribution in [0, 0.1) is 11.6 Å². The van der Waals surface area contributed by atoms with E-state index in [1.54, 1.807) is 18.3 Å². The second kappa shape index (κ2) is 7.31. The average molecular weight is 346 g/mol. The summed E-state index contributed by atoms with van der Waals surface area (Å²) in [5, 5.41) is 13.4. The van der Waals surface area contributed by atoms with Crippen LogP contribution in [0.25, 0.3) is 10.9 Å². The monoisotopic (exact) mass is 346 g/mol. The predicted octanol–water partition coefficient (Wildman–Crippen LogP) is 2.62. The number of aromatic nitrogens is 1. The van der Waals surface area contributed by atoms with Gasteiger partial charge in [0.05, 0.1) is 11.1 Å². The van der Waals surface area contributed by atoms with Crippen LogP contribution in [-0.4, -0.2) is 35.3 Å². The topological polar surface area (TPSA) is 74.3 Å². The summed E-state index contributed by atoms with van der Waals surface area (Å²) in [5.41, 5.74) is 1.18. The SMILES string of the molecule is O=C(NCC(O)COc1ccc(F)c(F)c1)c1cccc2cc[nH]c12. The Labute approximate surface area is 142 Å². The smallest absolute Gasteiger partial charge is 0.253 e. The molecule has 0 aliphatic rings. The molecule has 0 saturated heterocycles. The van der Waals surface area contributed by atoms with E-state index in [2.05, 4.69) is 10.3 Å². The van der Waals surface area contributed by atoms with Gasteiger partial charge in [-0.05, 0) is 24.3 Å². The van der Waals surface area contributed by atoms with Gasteiger partial charge in [0, 0.05) is 24.2 Å². The Morgan fingerprint density at radius 3 is 2.84 bits per heavy atom. The van der Waals surface area contributed by atoms with Crippen LogP contribution in [0.15, 0.2) is 48.7 Å². The number of carbonyl (C=O) groups excluding carboxylic acids is 1. The number of carbonyl (C=O) groups is 1. The normalized spacial score (nSPS) is 12.1. The molecule has 2 aromatic carbocycles. The number of fused-ring (bicyclic) bond motifs is 1. The quantitative estimate of drug-likeness (QED) is 0.642. The fourth-order valence-electron chi connectivity index (χ4n) is 2.40. The highest BCUT2D eigenvalue weighted by molar-refractivity contribution is 6.05. The molecule has 3 aromatic rings. The van der Waals surface area contributed by atoms with Crippen molar-refractivity contribution in [1.82, 2.24) is 10.3 Å². The fourth-order valence-corrected chi connectivity index (χ4v) is 2.40. The highest BCUT2D eigenvalue weighted by atomic mass is 19.2. The molecule has 0 saturated carbocycles. The Bertz CT molecular complexity index is 895. The summed E-state index contributed by atoms with van der Waals surface area (Å²) in [6, 6.07) is 10.3. The summed E-state index contributed by atoms with van der Waals surface area (Å²) < 4.78 is 31.1. The molecule has 5 nitrogen and oxygen atoms in total. The molecule has 3 rings (SSSR count). The molecule has 0 aliphatic carbocycles. The third-order valence-corrected chi connectivity index (χ3v) is 3.66. The van der Waals surface area contributed by atoms with Gasteiger partial charge in [-0.2, -0.15) is 0 Å². The van der Waals surface area contributed by atoms with Crippen LogP contribution in [0.4, 0.5) is 8.78 Å². The standard InChI is InChI=1S/C18H16F2N2O3/c19-15-5-4-13(8-16(15)20)25-10-12(23)9-22-18(24)14-3-1-2-11-6-7-21-17(11)14/h1-8,12,21,23H,9-10H2,(H,22,24). The van der Waals surface area contributed by atoms with Crippen LogP contribution in [0.5, 0.6) is 5.75 Å². The van der Waals surface area contributed by atoms with E-state index in [4.69, 9.17) is 4.74 Å². The Balaban J connectivity index is 1.53. The van der Waals surface area contributed by atoms with Crippen LogP contribution in [0.1, 0.15) is 10.4 Å². The molecule has 1 heterocycles. The van der Waals surface area contributed by atoms with Gasteiger partial charge < -0.3 is 20.1 Å². The maximum absolute atomic E-state index is 13.1. The summed E-state index contributed by atoms with van der Waals surface area (Å²) in [7, 11) is 0. The molecule has 3 N–H and O–H groups in total. The van der Waals surface area contributed by atoms with Crippen LogP contribution in [0.3, 0.4) is 0 Å². The Morgan fingerprint density at radius 2 is 2.04 bits per heavy atom. The zero-order chi connectivity index (χ0) is 17.8. The Hall–Kier alpha value is -2.93. The minimum Gasteiger partial charge on any atom is -0.491 e. The first kappa shape index (κ1) is 16.9. The number of benzene rings is 2. The van der Waals surface area contributed by atoms with Crippen LogP contribution in [-0.2, 0) is 0 Å². The minimum absolute atomic E-state index is 0.0421. The molecule has 130 valence electrons. The highest BCUT2D eigenvalue weighted by Crippen LogP contribution is 2.17. The number of halogens is 2. The summed E-state index contributed by atoms with van der Waals surface area (Å²) in [4.78, 5) is 15.2. The van der Waals surface area contributed by atoms with E-state index in [9.17, 15) is 18.7 Å². The number of nitrogens with one attached hydrogen (secondary N) is 2. The van der Waals surface area contributed by atoms with Gasteiger partial charge >= 0.3 is 0 Å². The zero-order valence-corrected chi connectivity index (χ0v) is 13.1. The van der Waals surface area contributed by atoms with Crippen molar-refractivity contribution >= 4 is 16.8 Å². The van der Waals surface area contributed by atoms with E-state index in [1.807, 2.05) is 12.1 Å². The molecule has 0 bridgehead atoms. The van der Waals surface area contributed by atoms with Crippen LogP contribution >= 0.6 is 0 Å². The molecule has 0 radical (unpaired) electrons. The van der Waals surface area contributed by atoms with Crippen molar-refractivity contribution in [3.8, 4) is 5.75 Å². The molecule has 7 heteroatoms. The summed E-state index contributed by atoms with van der Waals surface area (Å²) >= 11 is 0. The van der Waals surface area contributed by atoms with Crippen LogP contribution in [0.2, 0.25) is 0 Å². The lowest BCUT2D eigenvalue weighted by atomic mass is 10.1. The predicted molar refractivity (Wildman–Crippen MR) is 88.5 cm³/mol. The minimum atomic E-state index is -1.03. The number of H-pyrrole nitrogens is 1. The second-order valence-electron chi connectivity index (χ2n) is 5.50. The lowest BCUT2D eigenvalue weighted by Gasteiger charge is -2.13. The number of hydrogen-bond donors (Lipinski definition) is 3. The number of aliphatic hydroxyl groups is 1. The molecule has 0 aliphatic heterocycles. The highest BCUT2D eigenvalue weighted by Gasteiger charge is 2.13. The molecule has 1 atom stereocenters. The average Bonchev–Trinajstić information content (AvgIpc) is 3.09. The van der Waals surface area contributed by atoms with Gasteiger partial charge in [-0.3, -0.25) is 4.79 Å². The number of aromatic amines is 1.